The van der Waals surface area contributed by atoms with E-state index in [1.54, 1.807) is 6.20 Å². The lowest BCUT2D eigenvalue weighted by atomic mass is 9.93. The molecule has 1 aromatic carbocycles. The van der Waals surface area contributed by atoms with Crippen LogP contribution in [-0.2, 0) is 16.8 Å². The summed E-state index contributed by atoms with van der Waals surface area (Å²) in [7, 11) is 0. The molecule has 1 N–H and O–H groups in total. The lowest BCUT2D eigenvalue weighted by molar-refractivity contribution is 0.0526. The zero-order valence-electron chi connectivity index (χ0n) is 14.1. The Morgan fingerprint density at radius 1 is 1.30 bits per heavy atom. The number of benzene rings is 1. The van der Waals surface area contributed by atoms with Gasteiger partial charge in [0.25, 0.3) is 0 Å². The topological polar surface area (TPSA) is 56.1 Å². The Labute approximate surface area is 137 Å². The van der Waals surface area contributed by atoms with Crippen molar-refractivity contribution in [1.29, 1.82) is 0 Å². The van der Waals surface area contributed by atoms with E-state index < -0.39 is 0 Å². The largest absolute Gasteiger partial charge is 0.462 e. The number of aryl methyl sites for hydroxylation is 1. The first-order chi connectivity index (χ1) is 11.0. The van der Waals surface area contributed by atoms with Crippen molar-refractivity contribution in [3.05, 3.63) is 54.1 Å². The summed E-state index contributed by atoms with van der Waals surface area (Å²) in [5.41, 5.74) is 1.59. The average molecular weight is 315 g/mol. The molecular weight excluding hydrogens is 290 g/mol. The summed E-state index contributed by atoms with van der Waals surface area (Å²) in [6, 6.07) is 7.61. The van der Waals surface area contributed by atoms with Crippen molar-refractivity contribution >= 4 is 5.97 Å². The predicted molar refractivity (Wildman–Crippen MR) is 90.3 cm³/mol. The molecule has 0 aliphatic carbocycles. The van der Waals surface area contributed by atoms with Crippen molar-refractivity contribution in [2.24, 2.45) is 0 Å². The highest BCUT2D eigenvalue weighted by molar-refractivity contribution is 5.89. The minimum absolute atomic E-state index is 0.151. The Morgan fingerprint density at radius 3 is 2.65 bits per heavy atom. The maximum Gasteiger partial charge on any atom is 0.338 e. The van der Waals surface area contributed by atoms with Gasteiger partial charge in [-0.15, -0.1) is 0 Å². The number of aromatic nitrogens is 2. The van der Waals surface area contributed by atoms with Gasteiger partial charge >= 0.3 is 5.97 Å². The maximum atomic E-state index is 11.7. The number of hydrogen-bond acceptors (Lipinski definition) is 4. The molecule has 0 radical (unpaired) electrons. The van der Waals surface area contributed by atoms with E-state index in [0.717, 1.165) is 25.1 Å². The molecule has 0 unspecified atom stereocenters. The first kappa shape index (κ1) is 17.2. The highest BCUT2D eigenvalue weighted by Gasteiger charge is 2.19. The summed E-state index contributed by atoms with van der Waals surface area (Å²) in [6.45, 7) is 8.34. The van der Waals surface area contributed by atoms with Crippen molar-refractivity contribution in [2.75, 3.05) is 13.2 Å². The van der Waals surface area contributed by atoms with Gasteiger partial charge in [0.1, 0.15) is 0 Å². The Kier molecular flexibility index (Phi) is 5.93. The summed E-state index contributed by atoms with van der Waals surface area (Å²) in [5.74, 6) is -0.273. The third-order valence-electron chi connectivity index (χ3n) is 3.84. The molecule has 0 saturated heterocycles. The van der Waals surface area contributed by atoms with E-state index in [1.807, 2.05) is 43.7 Å². The molecular formula is C18H25N3O2. The molecule has 124 valence electrons. The lowest BCUT2D eigenvalue weighted by Gasteiger charge is -2.27. The quantitative estimate of drug-likeness (QED) is 0.601. The first-order valence-electron chi connectivity index (χ1n) is 8.01. The molecule has 1 aromatic heterocycles. The molecule has 0 bridgehead atoms. The number of esters is 1. The standard InChI is InChI=1S/C18H25N3O2/c1-4-23-17(22)15-6-8-16(9-7-15)18(2,3)20-10-5-12-21-13-11-19-14-21/h6-9,11,13-14,20H,4-5,10,12H2,1-3H3. The average Bonchev–Trinajstić information content (AvgIpc) is 3.05. The van der Waals surface area contributed by atoms with E-state index in [0.29, 0.717) is 12.2 Å². The van der Waals surface area contributed by atoms with Gasteiger partial charge in [-0.05, 0) is 51.4 Å². The van der Waals surface area contributed by atoms with Gasteiger partial charge in [0.05, 0.1) is 18.5 Å². The molecule has 0 aliphatic heterocycles. The lowest BCUT2D eigenvalue weighted by Crippen LogP contribution is -2.37. The van der Waals surface area contributed by atoms with Gasteiger partial charge in [-0.1, -0.05) is 12.1 Å². The molecule has 0 amide bonds. The molecule has 0 aliphatic rings. The molecule has 1 heterocycles. The molecule has 23 heavy (non-hydrogen) atoms. The van der Waals surface area contributed by atoms with E-state index >= 15 is 0 Å². The number of ether oxygens (including phenoxy) is 1. The number of nitrogens with zero attached hydrogens (tertiary/aromatic N) is 2. The monoisotopic (exact) mass is 315 g/mol. The number of carbonyl (C=O) groups excluding carboxylic acids is 1. The van der Waals surface area contributed by atoms with Crippen LogP contribution in [0.2, 0.25) is 0 Å². The zero-order chi connectivity index (χ0) is 16.7. The van der Waals surface area contributed by atoms with Gasteiger partial charge < -0.3 is 14.6 Å². The van der Waals surface area contributed by atoms with Crippen LogP contribution in [0.5, 0.6) is 0 Å². The summed E-state index contributed by atoms with van der Waals surface area (Å²) < 4.78 is 7.08. The van der Waals surface area contributed by atoms with Crippen molar-refractivity contribution in [3.8, 4) is 0 Å². The van der Waals surface area contributed by atoms with Crippen LogP contribution in [0.4, 0.5) is 0 Å². The van der Waals surface area contributed by atoms with Crippen LogP contribution in [-0.4, -0.2) is 28.7 Å². The highest BCUT2D eigenvalue weighted by atomic mass is 16.5. The SMILES string of the molecule is CCOC(=O)c1ccc(C(C)(C)NCCCn2ccnc2)cc1. The fourth-order valence-electron chi connectivity index (χ4n) is 2.42. The summed E-state index contributed by atoms with van der Waals surface area (Å²) in [5, 5.41) is 3.56. The second-order valence-corrected chi connectivity index (χ2v) is 6.00. The van der Waals surface area contributed by atoms with Crippen LogP contribution in [0.25, 0.3) is 0 Å². The van der Waals surface area contributed by atoms with Gasteiger partial charge in [0, 0.05) is 24.5 Å². The number of rotatable bonds is 8. The third-order valence-corrected chi connectivity index (χ3v) is 3.84. The van der Waals surface area contributed by atoms with E-state index in [-0.39, 0.29) is 11.5 Å². The number of hydrogen-bond donors (Lipinski definition) is 1. The zero-order valence-corrected chi connectivity index (χ0v) is 14.1. The molecule has 0 saturated carbocycles. The van der Waals surface area contributed by atoms with Crippen molar-refractivity contribution in [2.45, 2.75) is 39.3 Å². The van der Waals surface area contributed by atoms with Gasteiger partial charge in [0.15, 0.2) is 0 Å². The fraction of sp³-hybridized carbons (Fsp3) is 0.444. The molecule has 0 atom stereocenters. The van der Waals surface area contributed by atoms with Crippen LogP contribution < -0.4 is 5.32 Å². The summed E-state index contributed by atoms with van der Waals surface area (Å²) >= 11 is 0. The van der Waals surface area contributed by atoms with Crippen molar-refractivity contribution < 1.29 is 9.53 Å². The number of imidazole rings is 1. The molecule has 2 rings (SSSR count). The predicted octanol–water partition coefficient (Wildman–Crippen LogP) is 2.97. The Morgan fingerprint density at radius 2 is 2.04 bits per heavy atom. The van der Waals surface area contributed by atoms with Crippen LogP contribution >= 0.6 is 0 Å². The fourth-order valence-corrected chi connectivity index (χ4v) is 2.42. The second kappa shape index (κ2) is 7.92. The Balaban J connectivity index is 1.86. The van der Waals surface area contributed by atoms with E-state index in [1.165, 1.54) is 0 Å². The van der Waals surface area contributed by atoms with Gasteiger partial charge in [0.2, 0.25) is 0 Å². The highest BCUT2D eigenvalue weighted by Crippen LogP contribution is 2.20. The van der Waals surface area contributed by atoms with Crippen molar-refractivity contribution in [1.82, 2.24) is 14.9 Å². The maximum absolute atomic E-state index is 11.7. The van der Waals surface area contributed by atoms with Crippen LogP contribution in [0.3, 0.4) is 0 Å². The number of nitrogens with one attached hydrogen (secondary N) is 1. The molecule has 0 spiro atoms. The summed E-state index contributed by atoms with van der Waals surface area (Å²) in [4.78, 5) is 15.7. The minimum Gasteiger partial charge on any atom is -0.462 e. The van der Waals surface area contributed by atoms with Crippen molar-refractivity contribution in [3.63, 3.8) is 0 Å². The Hall–Kier alpha value is -2.14. The third kappa shape index (κ3) is 4.93. The first-order valence-corrected chi connectivity index (χ1v) is 8.01. The second-order valence-electron chi connectivity index (χ2n) is 6.00. The smallest absolute Gasteiger partial charge is 0.338 e. The number of carbonyl (C=O) groups is 1. The van der Waals surface area contributed by atoms with E-state index in [4.69, 9.17) is 4.74 Å². The molecule has 0 fully saturated rings. The molecule has 2 aromatic rings. The molecule has 5 heteroatoms. The van der Waals surface area contributed by atoms with Gasteiger partial charge in [-0.25, -0.2) is 9.78 Å². The van der Waals surface area contributed by atoms with E-state index in [2.05, 4.69) is 28.7 Å². The van der Waals surface area contributed by atoms with Gasteiger partial charge in [-0.2, -0.15) is 0 Å². The van der Waals surface area contributed by atoms with Crippen LogP contribution in [0.1, 0.15) is 43.1 Å². The summed E-state index contributed by atoms with van der Waals surface area (Å²) in [6.07, 6.45) is 6.63. The van der Waals surface area contributed by atoms with Crippen LogP contribution in [0.15, 0.2) is 43.0 Å². The normalized spacial score (nSPS) is 11.4. The van der Waals surface area contributed by atoms with Gasteiger partial charge in [-0.3, -0.25) is 0 Å². The molecule has 5 nitrogen and oxygen atoms in total. The Bertz CT molecular complexity index is 604. The van der Waals surface area contributed by atoms with E-state index in [9.17, 15) is 4.79 Å². The van der Waals surface area contributed by atoms with Crippen LogP contribution in [0, 0.1) is 0 Å². The minimum atomic E-state index is -0.273.